The zero-order chi connectivity index (χ0) is 12.8. The third-order valence-electron chi connectivity index (χ3n) is 3.24. The number of H-pyrrole nitrogens is 1. The minimum atomic E-state index is -0.0581. The van der Waals surface area contributed by atoms with Crippen LogP contribution in [-0.4, -0.2) is 20.6 Å². The molecule has 1 aliphatic carbocycles. The van der Waals surface area contributed by atoms with Crippen LogP contribution < -0.4 is 5.43 Å². The summed E-state index contributed by atoms with van der Waals surface area (Å²) in [7, 11) is 0. The van der Waals surface area contributed by atoms with Crippen LogP contribution in [0.25, 0.3) is 22.9 Å². The lowest BCUT2D eigenvalue weighted by molar-refractivity contribution is 0.573. The zero-order valence-corrected chi connectivity index (χ0v) is 9.75. The fraction of sp³-hybridized carbons (Fsp3) is 0.0769. The van der Waals surface area contributed by atoms with E-state index >= 15 is 0 Å². The average molecular weight is 252 g/mol. The number of benzene rings is 1. The number of nitrogens with zero attached hydrogens (tertiary/aromatic N) is 3. The number of fused-ring (bicyclic) bond motifs is 3. The third-order valence-corrected chi connectivity index (χ3v) is 3.24. The van der Waals surface area contributed by atoms with Crippen molar-refractivity contribution in [2.45, 2.75) is 6.42 Å². The maximum absolute atomic E-state index is 12.1. The smallest absolute Gasteiger partial charge is 0.239 e. The molecule has 0 radical (unpaired) electrons. The Kier molecular flexibility index (Phi) is 1.94. The second-order valence-corrected chi connectivity index (χ2v) is 4.35. The van der Waals surface area contributed by atoms with E-state index in [2.05, 4.69) is 20.6 Å². The van der Waals surface area contributed by atoms with Crippen LogP contribution in [0, 0.1) is 0 Å². The monoisotopic (exact) mass is 252 g/mol. The van der Waals surface area contributed by atoms with Crippen LogP contribution in [0.4, 0.5) is 0 Å². The lowest BCUT2D eigenvalue weighted by atomic mass is 10.1. The van der Waals surface area contributed by atoms with Crippen molar-refractivity contribution in [3.8, 4) is 22.9 Å². The average Bonchev–Trinajstić information content (AvgIpc) is 3.06. The second-order valence-electron chi connectivity index (χ2n) is 4.35. The number of rotatable bonds is 1. The number of hydrogen-bond acceptors (Lipinski definition) is 5. The summed E-state index contributed by atoms with van der Waals surface area (Å²) in [5, 5.41) is 13.5. The minimum absolute atomic E-state index is 0.0581. The summed E-state index contributed by atoms with van der Waals surface area (Å²) in [5.74, 6) is 1.22. The molecule has 0 fully saturated rings. The minimum Gasteiger partial charge on any atom is -0.452 e. The van der Waals surface area contributed by atoms with Gasteiger partial charge in [-0.3, -0.25) is 4.79 Å². The van der Waals surface area contributed by atoms with E-state index in [0.717, 1.165) is 11.1 Å². The molecular formula is C13H8N4O2. The molecule has 0 aliphatic heterocycles. The quantitative estimate of drug-likeness (QED) is 0.553. The highest BCUT2D eigenvalue weighted by atomic mass is 16.3. The Morgan fingerprint density at radius 2 is 2.16 bits per heavy atom. The molecule has 4 rings (SSSR count). The third kappa shape index (κ3) is 1.43. The van der Waals surface area contributed by atoms with E-state index in [9.17, 15) is 4.79 Å². The van der Waals surface area contributed by atoms with E-state index < -0.39 is 0 Å². The molecule has 6 heteroatoms. The van der Waals surface area contributed by atoms with Gasteiger partial charge in [0.1, 0.15) is 5.76 Å². The predicted octanol–water partition coefficient (Wildman–Crippen LogP) is 1.39. The molecule has 0 amide bonds. The standard InChI is InChI=1S/C13H8N4O2/c18-10-6-11(13-14-16-17-15-13)19-12-8-4-2-1-3-7(8)5-9(10)12/h1-4,6H,5H2,(H,14,15,16,17). The Balaban J connectivity index is 1.99. The highest BCUT2D eigenvalue weighted by Crippen LogP contribution is 2.36. The van der Waals surface area contributed by atoms with E-state index in [1.165, 1.54) is 6.07 Å². The number of hydrogen-bond donors (Lipinski definition) is 1. The van der Waals surface area contributed by atoms with Gasteiger partial charge in [0.15, 0.2) is 11.2 Å². The first-order valence-corrected chi connectivity index (χ1v) is 5.82. The molecule has 0 spiro atoms. The molecular weight excluding hydrogens is 244 g/mol. The van der Waals surface area contributed by atoms with E-state index in [-0.39, 0.29) is 11.3 Å². The van der Waals surface area contributed by atoms with Gasteiger partial charge in [-0.05, 0) is 10.8 Å². The van der Waals surface area contributed by atoms with Gasteiger partial charge in [0.25, 0.3) is 0 Å². The van der Waals surface area contributed by atoms with Crippen molar-refractivity contribution in [2.75, 3.05) is 0 Å². The van der Waals surface area contributed by atoms with E-state index in [4.69, 9.17) is 4.42 Å². The van der Waals surface area contributed by atoms with Crippen LogP contribution in [0.3, 0.4) is 0 Å². The highest BCUT2D eigenvalue weighted by Gasteiger charge is 2.24. The molecule has 19 heavy (non-hydrogen) atoms. The Hall–Kier alpha value is -2.76. The Morgan fingerprint density at radius 1 is 1.26 bits per heavy atom. The summed E-state index contributed by atoms with van der Waals surface area (Å²) < 4.78 is 5.79. The molecule has 2 heterocycles. The van der Waals surface area contributed by atoms with Gasteiger partial charge < -0.3 is 4.42 Å². The Labute approximate surface area is 107 Å². The van der Waals surface area contributed by atoms with Gasteiger partial charge >= 0.3 is 0 Å². The van der Waals surface area contributed by atoms with Crippen molar-refractivity contribution < 1.29 is 4.42 Å². The van der Waals surface area contributed by atoms with Crippen molar-refractivity contribution in [1.82, 2.24) is 20.6 Å². The SMILES string of the molecule is O=c1cc(-c2nn[nH]n2)oc2c1Cc1ccccc1-2. The van der Waals surface area contributed by atoms with Crippen LogP contribution in [0.15, 0.2) is 39.5 Å². The number of nitrogens with one attached hydrogen (secondary N) is 1. The molecule has 0 bridgehead atoms. The van der Waals surface area contributed by atoms with Crippen molar-refractivity contribution in [3.63, 3.8) is 0 Å². The molecule has 0 unspecified atom stereocenters. The maximum atomic E-state index is 12.1. The van der Waals surface area contributed by atoms with Gasteiger partial charge in [-0.15, -0.1) is 10.2 Å². The van der Waals surface area contributed by atoms with Crippen molar-refractivity contribution in [2.24, 2.45) is 0 Å². The molecule has 3 aromatic rings. The number of aromatic amines is 1. The molecule has 0 saturated carbocycles. The van der Waals surface area contributed by atoms with E-state index in [0.29, 0.717) is 23.5 Å². The largest absolute Gasteiger partial charge is 0.452 e. The Morgan fingerprint density at radius 3 is 3.00 bits per heavy atom. The van der Waals surface area contributed by atoms with Crippen molar-refractivity contribution in [3.05, 3.63) is 51.7 Å². The fourth-order valence-corrected chi connectivity index (χ4v) is 2.37. The summed E-state index contributed by atoms with van der Waals surface area (Å²) in [6, 6.07) is 9.24. The highest BCUT2D eigenvalue weighted by molar-refractivity contribution is 5.72. The van der Waals surface area contributed by atoms with Gasteiger partial charge in [-0.25, -0.2) is 0 Å². The molecule has 1 aromatic carbocycles. The summed E-state index contributed by atoms with van der Waals surface area (Å²) in [6.45, 7) is 0. The second kappa shape index (κ2) is 3.61. The molecule has 0 atom stereocenters. The molecule has 0 saturated heterocycles. The maximum Gasteiger partial charge on any atom is 0.239 e. The lowest BCUT2D eigenvalue weighted by Crippen LogP contribution is -2.06. The van der Waals surface area contributed by atoms with E-state index in [1.807, 2.05) is 24.3 Å². The first-order valence-electron chi connectivity index (χ1n) is 5.82. The van der Waals surface area contributed by atoms with Gasteiger partial charge in [-0.1, -0.05) is 24.3 Å². The molecule has 92 valence electrons. The van der Waals surface area contributed by atoms with Crippen LogP contribution in [-0.2, 0) is 6.42 Å². The van der Waals surface area contributed by atoms with Crippen molar-refractivity contribution >= 4 is 0 Å². The number of tetrazole rings is 1. The van der Waals surface area contributed by atoms with Crippen molar-refractivity contribution in [1.29, 1.82) is 0 Å². The Bertz CT molecular complexity index is 821. The summed E-state index contributed by atoms with van der Waals surface area (Å²) >= 11 is 0. The van der Waals surface area contributed by atoms with Gasteiger partial charge in [-0.2, -0.15) is 5.21 Å². The zero-order valence-electron chi connectivity index (χ0n) is 9.75. The van der Waals surface area contributed by atoms with Crippen LogP contribution in [0.5, 0.6) is 0 Å². The first kappa shape index (κ1) is 10.2. The normalized spacial score (nSPS) is 12.2. The topological polar surface area (TPSA) is 84.7 Å². The lowest BCUT2D eigenvalue weighted by Gasteiger charge is -2.01. The van der Waals surface area contributed by atoms with Gasteiger partial charge in [0.05, 0.1) is 0 Å². The predicted molar refractivity (Wildman–Crippen MR) is 66.4 cm³/mol. The summed E-state index contributed by atoms with van der Waals surface area (Å²) in [5.41, 5.74) is 2.69. The molecule has 2 aromatic heterocycles. The van der Waals surface area contributed by atoms with Gasteiger partial charge in [0, 0.05) is 23.6 Å². The van der Waals surface area contributed by atoms with E-state index in [1.54, 1.807) is 0 Å². The van der Waals surface area contributed by atoms with Crippen LogP contribution in [0.2, 0.25) is 0 Å². The first-order chi connectivity index (χ1) is 9.33. The van der Waals surface area contributed by atoms with Crippen LogP contribution >= 0.6 is 0 Å². The van der Waals surface area contributed by atoms with Crippen LogP contribution in [0.1, 0.15) is 11.1 Å². The molecule has 6 nitrogen and oxygen atoms in total. The molecule has 1 N–H and O–H groups in total. The summed E-state index contributed by atoms with van der Waals surface area (Å²) in [6.07, 6.45) is 0.611. The summed E-state index contributed by atoms with van der Waals surface area (Å²) in [4.78, 5) is 12.1. The van der Waals surface area contributed by atoms with Gasteiger partial charge in [0.2, 0.25) is 5.82 Å². The molecule has 1 aliphatic rings. The number of aromatic nitrogens is 4. The fourth-order valence-electron chi connectivity index (χ4n) is 2.37.